The fourth-order valence-corrected chi connectivity index (χ4v) is 4.72. The number of ether oxygens (including phenoxy) is 2. The van der Waals surface area contributed by atoms with Gasteiger partial charge in [0.15, 0.2) is 0 Å². The molecular weight excluding hydrogens is 447 g/mol. The van der Waals surface area contributed by atoms with Gasteiger partial charge in [0.25, 0.3) is 0 Å². The minimum absolute atomic E-state index is 0.354. The molecule has 7 nitrogen and oxygen atoms in total. The van der Waals surface area contributed by atoms with Gasteiger partial charge in [0.1, 0.15) is 0 Å². The Labute approximate surface area is 188 Å². The number of halogens is 3. The van der Waals surface area contributed by atoms with Crippen LogP contribution in [0.3, 0.4) is 0 Å². The van der Waals surface area contributed by atoms with Crippen molar-refractivity contribution in [1.29, 1.82) is 0 Å². The van der Waals surface area contributed by atoms with Crippen LogP contribution in [0.25, 0.3) is 0 Å². The van der Waals surface area contributed by atoms with E-state index in [-0.39, 0.29) is 0 Å². The second-order valence-electron chi connectivity index (χ2n) is 8.02. The van der Waals surface area contributed by atoms with Crippen LogP contribution in [0.1, 0.15) is 34.3 Å². The summed E-state index contributed by atoms with van der Waals surface area (Å²) in [4.78, 5) is 18.6. The van der Waals surface area contributed by atoms with E-state index in [0.29, 0.717) is 12.0 Å². The van der Waals surface area contributed by atoms with Crippen molar-refractivity contribution < 1.29 is 32.5 Å². The smallest absolute Gasteiger partial charge is 0.475 e. The third-order valence-electron chi connectivity index (χ3n) is 5.42. The van der Waals surface area contributed by atoms with Crippen LogP contribution in [-0.4, -0.2) is 64.7 Å². The molecule has 1 saturated heterocycles. The second-order valence-corrected chi connectivity index (χ2v) is 9.40. The predicted octanol–water partition coefficient (Wildman–Crippen LogP) is 3.89. The number of hydrogen-bond acceptors (Lipinski definition) is 6. The maximum atomic E-state index is 10.6. The van der Waals surface area contributed by atoms with E-state index >= 15 is 0 Å². The summed E-state index contributed by atoms with van der Waals surface area (Å²) in [5.41, 5.74) is 1.29. The van der Waals surface area contributed by atoms with Crippen molar-refractivity contribution in [3.05, 3.63) is 40.1 Å². The third-order valence-corrected chi connectivity index (χ3v) is 6.40. The van der Waals surface area contributed by atoms with Gasteiger partial charge in [-0.05, 0) is 37.8 Å². The van der Waals surface area contributed by atoms with Gasteiger partial charge in [0, 0.05) is 55.4 Å². The highest BCUT2D eigenvalue weighted by Gasteiger charge is 2.38. The van der Waals surface area contributed by atoms with Crippen LogP contribution in [0.4, 0.5) is 13.2 Å². The molecule has 0 spiro atoms. The Kier molecular flexibility index (Phi) is 8.69. The van der Waals surface area contributed by atoms with E-state index in [1.165, 1.54) is 15.4 Å². The normalized spacial score (nSPS) is 19.8. The number of nitrogens with zero attached hydrogens (tertiary/aromatic N) is 3. The van der Waals surface area contributed by atoms with Crippen LogP contribution >= 0.6 is 11.3 Å². The van der Waals surface area contributed by atoms with Crippen LogP contribution < -0.4 is 0 Å². The van der Waals surface area contributed by atoms with E-state index < -0.39 is 12.1 Å². The summed E-state index contributed by atoms with van der Waals surface area (Å²) in [7, 11) is 0. The molecule has 2 aromatic rings. The molecule has 4 heterocycles. The Balaban J connectivity index is 0.000000360. The average Bonchev–Trinajstić information content (AvgIpc) is 3.37. The molecule has 2 aromatic heterocycles. The fourth-order valence-electron chi connectivity index (χ4n) is 3.79. The lowest BCUT2D eigenvalue weighted by atomic mass is 10.0. The molecule has 178 valence electrons. The molecule has 1 fully saturated rings. The molecule has 32 heavy (non-hydrogen) atoms. The van der Waals surface area contributed by atoms with Crippen molar-refractivity contribution in [2.45, 2.75) is 45.1 Å². The first-order valence-corrected chi connectivity index (χ1v) is 11.3. The number of aliphatic carboxylic acids is 1. The third kappa shape index (κ3) is 7.29. The van der Waals surface area contributed by atoms with Gasteiger partial charge in [-0.15, -0.1) is 11.3 Å². The Bertz CT molecular complexity index is 865. The van der Waals surface area contributed by atoms with Crippen molar-refractivity contribution in [1.82, 2.24) is 14.5 Å². The van der Waals surface area contributed by atoms with Crippen LogP contribution in [0.5, 0.6) is 0 Å². The number of aryl methyl sites for hydroxylation is 1. The lowest BCUT2D eigenvalue weighted by Crippen LogP contribution is -2.38. The Morgan fingerprint density at radius 1 is 1.31 bits per heavy atom. The predicted molar refractivity (Wildman–Crippen MR) is 112 cm³/mol. The number of alkyl halides is 3. The largest absolute Gasteiger partial charge is 0.490 e. The quantitative estimate of drug-likeness (QED) is 0.683. The molecule has 2 aliphatic heterocycles. The van der Waals surface area contributed by atoms with Gasteiger partial charge in [0.05, 0.1) is 24.7 Å². The number of imidazole rings is 1. The fraction of sp³-hybridized carbons (Fsp3) is 0.619. The Hall–Kier alpha value is -1.95. The zero-order chi connectivity index (χ0) is 23.1. The van der Waals surface area contributed by atoms with Gasteiger partial charge >= 0.3 is 12.1 Å². The highest BCUT2D eigenvalue weighted by atomic mass is 32.1. The van der Waals surface area contributed by atoms with E-state index in [1.54, 1.807) is 0 Å². The lowest BCUT2D eigenvalue weighted by molar-refractivity contribution is -0.192. The number of carboxylic acid groups (broad SMARTS) is 1. The lowest BCUT2D eigenvalue weighted by Gasteiger charge is -2.34. The summed E-state index contributed by atoms with van der Waals surface area (Å²) in [5, 5.41) is 7.12. The Morgan fingerprint density at radius 3 is 2.66 bits per heavy atom. The summed E-state index contributed by atoms with van der Waals surface area (Å²) in [5.74, 6) is -2.10. The molecule has 0 radical (unpaired) electrons. The number of carbonyl (C=O) groups is 1. The van der Waals surface area contributed by atoms with Crippen LogP contribution in [0, 0.1) is 12.8 Å². The first-order chi connectivity index (χ1) is 15.2. The number of hydrogen-bond donors (Lipinski definition) is 1. The minimum Gasteiger partial charge on any atom is -0.475 e. The molecule has 0 bridgehead atoms. The highest BCUT2D eigenvalue weighted by molar-refractivity contribution is 7.11. The van der Waals surface area contributed by atoms with Crippen molar-refractivity contribution in [3.63, 3.8) is 0 Å². The van der Waals surface area contributed by atoms with Crippen molar-refractivity contribution in [2.75, 3.05) is 33.0 Å². The topological polar surface area (TPSA) is 76.8 Å². The van der Waals surface area contributed by atoms with E-state index in [1.807, 2.05) is 23.9 Å². The SMILES string of the molecule is Cc1ccc(CN2Cc3cncn3C(COCC3CCOCC3)C2)s1.O=C(O)C(F)(F)F. The summed E-state index contributed by atoms with van der Waals surface area (Å²) < 4.78 is 45.6. The molecule has 4 rings (SSSR count). The first-order valence-electron chi connectivity index (χ1n) is 10.5. The molecule has 0 aromatic carbocycles. The number of aromatic nitrogens is 2. The van der Waals surface area contributed by atoms with Crippen molar-refractivity contribution in [3.8, 4) is 0 Å². The molecule has 1 N–H and O–H groups in total. The molecule has 1 unspecified atom stereocenters. The van der Waals surface area contributed by atoms with Crippen molar-refractivity contribution in [2.24, 2.45) is 5.92 Å². The van der Waals surface area contributed by atoms with Crippen molar-refractivity contribution >= 4 is 17.3 Å². The summed E-state index contributed by atoms with van der Waals surface area (Å²) in [6.07, 6.45) is 1.14. The molecule has 2 aliphatic rings. The standard InChI is InChI=1S/C19H27N3O2S.C2HF3O2/c1-15-2-3-19(25-15)11-21-9-17-8-20-14-22(17)18(10-21)13-24-12-16-4-6-23-7-5-16;3-2(4,5)1(6)7/h2-3,8,14,16,18H,4-7,9-13H2,1H3;(H,6,7). The van der Waals surface area contributed by atoms with E-state index in [9.17, 15) is 13.2 Å². The molecule has 0 saturated carbocycles. The van der Waals surface area contributed by atoms with E-state index in [4.69, 9.17) is 19.4 Å². The summed E-state index contributed by atoms with van der Waals surface area (Å²) >= 11 is 1.90. The van der Waals surface area contributed by atoms with E-state index in [2.05, 4.69) is 33.5 Å². The summed E-state index contributed by atoms with van der Waals surface area (Å²) in [6.45, 7) is 8.57. The molecule has 1 atom stereocenters. The van der Waals surface area contributed by atoms with Crippen LogP contribution in [-0.2, 0) is 27.4 Å². The Morgan fingerprint density at radius 2 is 2.03 bits per heavy atom. The van der Waals surface area contributed by atoms with Gasteiger partial charge in [-0.2, -0.15) is 13.2 Å². The monoisotopic (exact) mass is 475 g/mol. The molecule has 11 heteroatoms. The second kappa shape index (κ2) is 11.3. The van der Waals surface area contributed by atoms with Gasteiger partial charge in [-0.25, -0.2) is 9.78 Å². The van der Waals surface area contributed by atoms with Gasteiger partial charge < -0.3 is 19.1 Å². The molecular formula is C21H28F3N3O4S. The van der Waals surface area contributed by atoms with Crippen LogP contribution in [0.15, 0.2) is 24.7 Å². The van der Waals surface area contributed by atoms with E-state index in [0.717, 1.165) is 58.9 Å². The highest BCUT2D eigenvalue weighted by Crippen LogP contribution is 2.25. The maximum absolute atomic E-state index is 10.6. The minimum atomic E-state index is -5.08. The average molecular weight is 476 g/mol. The zero-order valence-electron chi connectivity index (χ0n) is 17.9. The number of fused-ring (bicyclic) bond motifs is 1. The van der Waals surface area contributed by atoms with Crippen LogP contribution in [0.2, 0.25) is 0 Å². The first kappa shape index (κ1) is 24.7. The van der Waals surface area contributed by atoms with Gasteiger partial charge in [-0.3, -0.25) is 4.90 Å². The number of thiophene rings is 1. The summed E-state index contributed by atoms with van der Waals surface area (Å²) in [6, 6.07) is 4.82. The maximum Gasteiger partial charge on any atom is 0.490 e. The number of carboxylic acids is 1. The molecule has 0 aliphatic carbocycles. The molecule has 0 amide bonds. The zero-order valence-corrected chi connectivity index (χ0v) is 18.7. The number of rotatable bonds is 6. The van der Waals surface area contributed by atoms with Gasteiger partial charge in [0.2, 0.25) is 0 Å². The van der Waals surface area contributed by atoms with Gasteiger partial charge in [-0.1, -0.05) is 0 Å².